The molecule has 6 heteroatoms. The molecule has 0 saturated heterocycles. The van der Waals surface area contributed by atoms with Crippen molar-refractivity contribution in [2.24, 2.45) is 0 Å². The number of carboxylic acids is 1. The molecule has 1 heterocycles. The maximum atomic E-state index is 11.7. The number of carboxylic acid groups (broad SMARTS) is 1. The lowest BCUT2D eigenvalue weighted by Crippen LogP contribution is -2.31. The fourth-order valence-electron chi connectivity index (χ4n) is 1.61. The highest BCUT2D eigenvalue weighted by atomic mass is 32.2. The number of para-hydroxylation sites is 1. The Balaban J connectivity index is 2.29. The summed E-state index contributed by atoms with van der Waals surface area (Å²) in [4.78, 5) is 23.2. The van der Waals surface area contributed by atoms with Gasteiger partial charge in [-0.3, -0.25) is 9.59 Å². The fraction of sp³-hybridized carbons (Fsp3) is 0.273. The number of thioether (sulfide) groups is 1. The molecule has 1 aliphatic heterocycles. The highest BCUT2D eigenvalue weighted by Crippen LogP contribution is 2.41. The van der Waals surface area contributed by atoms with Crippen LogP contribution in [0.2, 0.25) is 0 Å². The van der Waals surface area contributed by atoms with Crippen molar-refractivity contribution in [1.29, 1.82) is 0 Å². The van der Waals surface area contributed by atoms with Crippen LogP contribution < -0.4 is 10.1 Å². The maximum absolute atomic E-state index is 11.7. The number of nitrogens with one attached hydrogen (secondary N) is 1. The molecule has 0 spiro atoms. The molecule has 0 fully saturated rings. The van der Waals surface area contributed by atoms with E-state index in [4.69, 9.17) is 9.84 Å². The predicted octanol–water partition coefficient (Wildman–Crippen LogP) is 1.58. The Bertz CT molecular complexity index is 475. The molecule has 1 aromatic rings. The number of benzene rings is 1. The minimum absolute atomic E-state index is 0.187. The van der Waals surface area contributed by atoms with E-state index in [0.717, 1.165) is 4.90 Å². The van der Waals surface area contributed by atoms with Crippen LogP contribution in [0.4, 0.5) is 5.69 Å². The second-order valence-corrected chi connectivity index (χ2v) is 4.77. The van der Waals surface area contributed by atoms with Gasteiger partial charge in [0.1, 0.15) is 5.75 Å². The molecule has 2 rings (SSSR count). The number of anilines is 1. The Morgan fingerprint density at radius 1 is 1.59 bits per heavy atom. The van der Waals surface area contributed by atoms with Gasteiger partial charge in [0.05, 0.1) is 24.5 Å². The van der Waals surface area contributed by atoms with Crippen LogP contribution in [0.25, 0.3) is 0 Å². The van der Waals surface area contributed by atoms with Gasteiger partial charge in [0.25, 0.3) is 0 Å². The van der Waals surface area contributed by atoms with Crippen LogP contribution >= 0.6 is 11.8 Å². The van der Waals surface area contributed by atoms with Crippen molar-refractivity contribution in [3.05, 3.63) is 18.2 Å². The van der Waals surface area contributed by atoms with Crippen molar-refractivity contribution in [2.75, 3.05) is 12.4 Å². The number of aliphatic carboxylic acids is 1. The first kappa shape index (κ1) is 11.8. The fourth-order valence-corrected chi connectivity index (χ4v) is 2.73. The zero-order valence-corrected chi connectivity index (χ0v) is 9.91. The van der Waals surface area contributed by atoms with Crippen LogP contribution in [0.15, 0.2) is 23.1 Å². The van der Waals surface area contributed by atoms with Gasteiger partial charge in [-0.1, -0.05) is 6.07 Å². The molecule has 0 aromatic heterocycles. The summed E-state index contributed by atoms with van der Waals surface area (Å²) in [5.74, 6) is -0.699. The Kier molecular flexibility index (Phi) is 3.23. The molecule has 0 bridgehead atoms. The molecule has 1 aliphatic rings. The standard InChI is InChI=1S/C11H11NO4S/c1-16-6-3-2-4-7-10(6)12-11(15)8(17-7)5-9(13)14/h2-4,8H,5H2,1H3,(H,12,15)(H,13,14). The summed E-state index contributed by atoms with van der Waals surface area (Å²) in [6.45, 7) is 0. The summed E-state index contributed by atoms with van der Waals surface area (Å²) in [5, 5.41) is 10.8. The Labute approximate surface area is 102 Å². The van der Waals surface area contributed by atoms with Gasteiger partial charge >= 0.3 is 5.97 Å². The molecule has 2 N–H and O–H groups in total. The van der Waals surface area contributed by atoms with Crippen molar-refractivity contribution in [2.45, 2.75) is 16.6 Å². The van der Waals surface area contributed by atoms with Gasteiger partial charge in [0.2, 0.25) is 5.91 Å². The molecular weight excluding hydrogens is 242 g/mol. The first-order valence-electron chi connectivity index (χ1n) is 4.98. The molecule has 1 aromatic carbocycles. The van der Waals surface area contributed by atoms with Crippen LogP contribution in [0.5, 0.6) is 5.75 Å². The first-order chi connectivity index (χ1) is 8.11. The normalized spacial score (nSPS) is 18.2. The van der Waals surface area contributed by atoms with Crippen LogP contribution in [0.1, 0.15) is 6.42 Å². The van der Waals surface area contributed by atoms with E-state index in [2.05, 4.69) is 5.32 Å². The SMILES string of the molecule is COc1cccc2c1NC(=O)C(CC(=O)O)S2. The lowest BCUT2D eigenvalue weighted by Gasteiger charge is -2.24. The molecule has 0 radical (unpaired) electrons. The van der Waals surface area contributed by atoms with Gasteiger partial charge in [0.15, 0.2) is 0 Å². The zero-order valence-electron chi connectivity index (χ0n) is 9.10. The van der Waals surface area contributed by atoms with E-state index in [9.17, 15) is 9.59 Å². The average molecular weight is 253 g/mol. The van der Waals surface area contributed by atoms with Crippen LogP contribution in [-0.2, 0) is 9.59 Å². The molecule has 1 unspecified atom stereocenters. The van der Waals surface area contributed by atoms with E-state index in [1.54, 1.807) is 12.1 Å². The van der Waals surface area contributed by atoms with Crippen molar-refractivity contribution >= 4 is 29.3 Å². The minimum atomic E-state index is -0.982. The van der Waals surface area contributed by atoms with Gasteiger partial charge in [0, 0.05) is 4.90 Å². The molecule has 1 amide bonds. The Morgan fingerprint density at radius 2 is 2.35 bits per heavy atom. The predicted molar refractivity (Wildman–Crippen MR) is 63.5 cm³/mol. The van der Waals surface area contributed by atoms with E-state index in [0.29, 0.717) is 11.4 Å². The van der Waals surface area contributed by atoms with Gasteiger partial charge in [-0.05, 0) is 12.1 Å². The second-order valence-electron chi connectivity index (χ2n) is 3.53. The third-order valence-corrected chi connectivity index (χ3v) is 3.64. The Morgan fingerprint density at radius 3 is 3.00 bits per heavy atom. The summed E-state index contributed by atoms with van der Waals surface area (Å²) in [6, 6.07) is 5.38. The van der Waals surface area contributed by atoms with Crippen molar-refractivity contribution in [3.8, 4) is 5.75 Å². The number of carbonyl (C=O) groups is 2. The third-order valence-electron chi connectivity index (χ3n) is 2.38. The van der Waals surface area contributed by atoms with Gasteiger partial charge < -0.3 is 15.2 Å². The third kappa shape index (κ3) is 2.36. The van der Waals surface area contributed by atoms with Crippen molar-refractivity contribution < 1.29 is 19.4 Å². The van der Waals surface area contributed by atoms with E-state index in [1.165, 1.54) is 18.9 Å². The summed E-state index contributed by atoms with van der Waals surface area (Å²) in [6.07, 6.45) is -0.187. The van der Waals surface area contributed by atoms with Crippen LogP contribution in [-0.4, -0.2) is 29.3 Å². The molecule has 1 atom stereocenters. The highest BCUT2D eigenvalue weighted by molar-refractivity contribution is 8.01. The van der Waals surface area contributed by atoms with E-state index < -0.39 is 11.2 Å². The lowest BCUT2D eigenvalue weighted by molar-refractivity contribution is -0.138. The number of ether oxygens (including phenoxy) is 1. The molecule has 0 saturated carbocycles. The molecule has 0 aliphatic carbocycles. The number of carbonyl (C=O) groups excluding carboxylic acids is 1. The molecule has 17 heavy (non-hydrogen) atoms. The topological polar surface area (TPSA) is 75.6 Å². The number of fused-ring (bicyclic) bond motifs is 1. The lowest BCUT2D eigenvalue weighted by atomic mass is 10.2. The molecular formula is C11H11NO4S. The number of methoxy groups -OCH3 is 1. The van der Waals surface area contributed by atoms with E-state index in [-0.39, 0.29) is 12.3 Å². The monoisotopic (exact) mass is 253 g/mol. The summed E-state index contributed by atoms with van der Waals surface area (Å²) >= 11 is 1.25. The van der Waals surface area contributed by atoms with Gasteiger partial charge in [-0.2, -0.15) is 0 Å². The first-order valence-corrected chi connectivity index (χ1v) is 5.86. The minimum Gasteiger partial charge on any atom is -0.495 e. The van der Waals surface area contributed by atoms with Crippen molar-refractivity contribution in [3.63, 3.8) is 0 Å². The summed E-state index contributed by atoms with van der Waals surface area (Å²) in [5.41, 5.74) is 0.617. The van der Waals surface area contributed by atoms with Gasteiger partial charge in [-0.15, -0.1) is 11.8 Å². The summed E-state index contributed by atoms with van der Waals surface area (Å²) in [7, 11) is 1.52. The van der Waals surface area contributed by atoms with Crippen LogP contribution in [0.3, 0.4) is 0 Å². The molecule has 90 valence electrons. The second kappa shape index (κ2) is 4.67. The number of rotatable bonds is 3. The van der Waals surface area contributed by atoms with E-state index in [1.807, 2.05) is 6.07 Å². The summed E-state index contributed by atoms with van der Waals surface area (Å²) < 4.78 is 5.13. The zero-order chi connectivity index (χ0) is 12.4. The average Bonchev–Trinajstić information content (AvgIpc) is 2.29. The molecule has 5 nitrogen and oxygen atoms in total. The van der Waals surface area contributed by atoms with Crippen LogP contribution in [0, 0.1) is 0 Å². The quantitative estimate of drug-likeness (QED) is 0.855. The number of amides is 1. The smallest absolute Gasteiger partial charge is 0.305 e. The maximum Gasteiger partial charge on any atom is 0.305 e. The van der Waals surface area contributed by atoms with Crippen molar-refractivity contribution in [1.82, 2.24) is 0 Å². The van der Waals surface area contributed by atoms with Gasteiger partial charge in [-0.25, -0.2) is 0 Å². The van der Waals surface area contributed by atoms with E-state index >= 15 is 0 Å². The highest BCUT2D eigenvalue weighted by Gasteiger charge is 2.30. The number of hydrogen-bond acceptors (Lipinski definition) is 4. The largest absolute Gasteiger partial charge is 0.495 e. The number of hydrogen-bond donors (Lipinski definition) is 2. The Hall–Kier alpha value is -1.69.